The van der Waals surface area contributed by atoms with Crippen molar-refractivity contribution < 1.29 is 27.4 Å². The standard InChI is InChI=1S/C18H13ClF3N3O4/c1-2-3-23-12-8-10(11(20)9-13(12)29-18(21,22)17(23)27)14-15(19)24-4-6-28-7-5-25(24)16(14)26/h1,8-9H,3-7H2. The van der Waals surface area contributed by atoms with Crippen LogP contribution in [-0.2, 0) is 22.6 Å². The third-order valence-corrected chi connectivity index (χ3v) is 5.04. The third kappa shape index (κ3) is 2.97. The number of hydrogen-bond donors (Lipinski definition) is 0. The average Bonchev–Trinajstić information content (AvgIpc) is 2.83. The van der Waals surface area contributed by atoms with Crippen LogP contribution in [0.25, 0.3) is 11.1 Å². The van der Waals surface area contributed by atoms with Crippen LogP contribution in [-0.4, -0.2) is 41.1 Å². The molecule has 2 aromatic rings. The van der Waals surface area contributed by atoms with Crippen molar-refractivity contribution in [3.63, 3.8) is 0 Å². The Morgan fingerprint density at radius 3 is 2.59 bits per heavy atom. The zero-order valence-corrected chi connectivity index (χ0v) is 15.5. The largest absolute Gasteiger partial charge is 0.483 e. The topological polar surface area (TPSA) is 65.7 Å². The molecule has 3 heterocycles. The summed E-state index contributed by atoms with van der Waals surface area (Å²) in [7, 11) is 0. The van der Waals surface area contributed by atoms with Crippen molar-refractivity contribution in [2.45, 2.75) is 19.2 Å². The van der Waals surface area contributed by atoms with Gasteiger partial charge in [0.1, 0.15) is 11.0 Å². The molecule has 0 saturated heterocycles. The Kier molecular flexibility index (Phi) is 4.59. The van der Waals surface area contributed by atoms with Gasteiger partial charge in [0.05, 0.1) is 44.1 Å². The molecule has 1 amide bonds. The quantitative estimate of drug-likeness (QED) is 0.688. The zero-order valence-electron chi connectivity index (χ0n) is 14.8. The number of aromatic nitrogens is 2. The summed E-state index contributed by atoms with van der Waals surface area (Å²) < 4.78 is 54.9. The van der Waals surface area contributed by atoms with Crippen LogP contribution in [0.4, 0.5) is 18.9 Å². The van der Waals surface area contributed by atoms with Crippen molar-refractivity contribution in [2.75, 3.05) is 24.7 Å². The van der Waals surface area contributed by atoms with Gasteiger partial charge < -0.3 is 9.47 Å². The lowest BCUT2D eigenvalue weighted by Crippen LogP contribution is -2.51. The number of carbonyl (C=O) groups excluding carboxylic acids is 1. The molecule has 11 heteroatoms. The first-order valence-electron chi connectivity index (χ1n) is 8.49. The first-order valence-corrected chi connectivity index (χ1v) is 8.87. The van der Waals surface area contributed by atoms with Gasteiger partial charge in [-0.15, -0.1) is 6.42 Å². The lowest BCUT2D eigenvalue weighted by Gasteiger charge is -2.32. The van der Waals surface area contributed by atoms with Crippen LogP contribution >= 0.6 is 11.6 Å². The van der Waals surface area contributed by atoms with E-state index in [4.69, 9.17) is 22.8 Å². The fourth-order valence-electron chi connectivity index (χ4n) is 3.36. The summed E-state index contributed by atoms with van der Waals surface area (Å²) in [6.45, 7) is 0.582. The third-order valence-electron chi connectivity index (χ3n) is 4.66. The van der Waals surface area contributed by atoms with Crippen molar-refractivity contribution in [1.82, 2.24) is 9.36 Å². The van der Waals surface area contributed by atoms with E-state index in [9.17, 15) is 22.8 Å². The number of ether oxygens (including phenoxy) is 2. The van der Waals surface area contributed by atoms with E-state index in [1.54, 1.807) is 0 Å². The van der Waals surface area contributed by atoms with Crippen LogP contribution in [0, 0.1) is 18.2 Å². The minimum atomic E-state index is -4.19. The van der Waals surface area contributed by atoms with Crippen molar-refractivity contribution in [1.29, 1.82) is 0 Å². The zero-order chi connectivity index (χ0) is 20.9. The molecule has 0 fully saturated rings. The number of alkyl halides is 2. The first-order chi connectivity index (χ1) is 13.8. The second-order valence-electron chi connectivity index (χ2n) is 6.34. The monoisotopic (exact) mass is 427 g/mol. The first kappa shape index (κ1) is 19.4. The second-order valence-corrected chi connectivity index (χ2v) is 6.70. The summed E-state index contributed by atoms with van der Waals surface area (Å²) in [4.78, 5) is 25.5. The van der Waals surface area contributed by atoms with Gasteiger partial charge in [-0.3, -0.25) is 19.2 Å². The molecule has 1 aromatic carbocycles. The Morgan fingerprint density at radius 2 is 1.90 bits per heavy atom. The minimum absolute atomic E-state index is 0.0313. The molecule has 1 aromatic heterocycles. The number of anilines is 1. The van der Waals surface area contributed by atoms with E-state index in [2.05, 4.69) is 10.7 Å². The van der Waals surface area contributed by atoms with Crippen molar-refractivity contribution >= 4 is 23.2 Å². The number of terminal acetylenes is 1. The fraction of sp³-hybridized carbons (Fsp3) is 0.333. The van der Waals surface area contributed by atoms with E-state index in [1.807, 2.05) is 0 Å². The van der Waals surface area contributed by atoms with E-state index in [1.165, 1.54) is 9.36 Å². The molecule has 0 bridgehead atoms. The average molecular weight is 428 g/mol. The molecule has 0 N–H and O–H groups in total. The van der Waals surface area contributed by atoms with Crippen molar-refractivity contribution in [3.05, 3.63) is 33.5 Å². The van der Waals surface area contributed by atoms with Gasteiger partial charge in [0, 0.05) is 11.6 Å². The fourth-order valence-corrected chi connectivity index (χ4v) is 3.72. The molecule has 0 saturated carbocycles. The Balaban J connectivity index is 1.92. The van der Waals surface area contributed by atoms with Gasteiger partial charge in [0.15, 0.2) is 5.75 Å². The van der Waals surface area contributed by atoms with Gasteiger partial charge in [-0.05, 0) is 6.07 Å². The summed E-state index contributed by atoms with van der Waals surface area (Å²) in [5.41, 5.74) is -1.16. The number of nitrogens with zero attached hydrogens (tertiary/aromatic N) is 3. The minimum Gasteiger partial charge on any atom is -0.423 e. The highest BCUT2D eigenvalue weighted by Gasteiger charge is 2.50. The molecule has 4 rings (SSSR count). The van der Waals surface area contributed by atoms with Crippen LogP contribution in [0.15, 0.2) is 16.9 Å². The number of benzene rings is 1. The van der Waals surface area contributed by atoms with Crippen LogP contribution in [0.5, 0.6) is 5.75 Å². The van der Waals surface area contributed by atoms with Crippen LogP contribution in [0.2, 0.25) is 5.15 Å². The van der Waals surface area contributed by atoms with E-state index in [-0.39, 0.29) is 41.7 Å². The Morgan fingerprint density at radius 1 is 1.21 bits per heavy atom. The van der Waals surface area contributed by atoms with Crippen molar-refractivity contribution in [2.24, 2.45) is 0 Å². The Hall–Kier alpha value is -2.90. The van der Waals surface area contributed by atoms with E-state index in [0.29, 0.717) is 17.6 Å². The number of carbonyl (C=O) groups is 1. The maximum atomic E-state index is 14.8. The molecule has 0 spiro atoms. The smallest absolute Gasteiger partial charge is 0.423 e. The number of halogens is 4. The van der Waals surface area contributed by atoms with Gasteiger partial charge in [-0.2, -0.15) is 8.78 Å². The van der Waals surface area contributed by atoms with E-state index in [0.717, 1.165) is 6.07 Å². The summed E-state index contributed by atoms with van der Waals surface area (Å²) in [5, 5.41) is -0.0313. The highest BCUT2D eigenvalue weighted by atomic mass is 35.5. The highest BCUT2D eigenvalue weighted by molar-refractivity contribution is 6.32. The number of hydrogen-bond acceptors (Lipinski definition) is 4. The predicted octanol–water partition coefficient (Wildman–Crippen LogP) is 2.09. The maximum absolute atomic E-state index is 14.8. The molecule has 2 aliphatic heterocycles. The van der Waals surface area contributed by atoms with Crippen LogP contribution < -0.4 is 15.2 Å². The summed E-state index contributed by atoms with van der Waals surface area (Å²) in [6, 6.07) is 1.75. The number of fused-ring (bicyclic) bond motifs is 2. The lowest BCUT2D eigenvalue weighted by molar-refractivity contribution is -0.192. The van der Waals surface area contributed by atoms with E-state index < -0.39 is 35.7 Å². The van der Waals surface area contributed by atoms with Gasteiger partial charge in [0.2, 0.25) is 0 Å². The molecule has 0 unspecified atom stereocenters. The molecule has 0 atom stereocenters. The van der Waals surface area contributed by atoms with Crippen LogP contribution in [0.3, 0.4) is 0 Å². The lowest BCUT2D eigenvalue weighted by atomic mass is 10.1. The molecule has 0 aliphatic carbocycles. The van der Waals surface area contributed by atoms with Gasteiger partial charge in [0.25, 0.3) is 5.56 Å². The SMILES string of the molecule is C#CCN1C(=O)C(F)(F)Oc2cc(F)c(-c3c(Cl)n4n(c3=O)CCOCC4)cc21. The number of rotatable bonds is 2. The Bertz CT molecular complexity index is 1120. The van der Waals surface area contributed by atoms with Gasteiger partial charge in [-0.25, -0.2) is 9.07 Å². The molecule has 0 radical (unpaired) electrons. The summed E-state index contributed by atoms with van der Waals surface area (Å²) in [5.74, 6) is -1.17. The molecular weight excluding hydrogens is 415 g/mol. The normalized spacial score (nSPS) is 17.8. The molecule has 7 nitrogen and oxygen atoms in total. The number of amides is 1. The maximum Gasteiger partial charge on any atom is 0.483 e. The second kappa shape index (κ2) is 6.86. The van der Waals surface area contributed by atoms with Gasteiger partial charge in [-0.1, -0.05) is 17.5 Å². The summed E-state index contributed by atoms with van der Waals surface area (Å²) >= 11 is 6.34. The van der Waals surface area contributed by atoms with Crippen LogP contribution in [0.1, 0.15) is 0 Å². The van der Waals surface area contributed by atoms with Crippen molar-refractivity contribution in [3.8, 4) is 29.2 Å². The highest BCUT2D eigenvalue weighted by Crippen LogP contribution is 2.43. The predicted molar refractivity (Wildman–Crippen MR) is 96.7 cm³/mol. The Labute approximate surface area is 167 Å². The summed E-state index contributed by atoms with van der Waals surface area (Å²) in [6.07, 6.45) is 0.990. The van der Waals surface area contributed by atoms with Gasteiger partial charge >= 0.3 is 12.0 Å². The molecule has 152 valence electrons. The molecular formula is C18H13ClF3N3O4. The molecule has 2 aliphatic rings. The molecule has 29 heavy (non-hydrogen) atoms. The van der Waals surface area contributed by atoms with E-state index >= 15 is 0 Å².